The van der Waals surface area contributed by atoms with Gasteiger partial charge in [0.1, 0.15) is 0 Å². The molecule has 0 atom stereocenters. The Hall–Kier alpha value is -7.84. The highest BCUT2D eigenvalue weighted by molar-refractivity contribution is 5.49. The first-order valence-electron chi connectivity index (χ1n) is 23.5. The molecule has 366 valence electrons. The van der Waals surface area contributed by atoms with E-state index in [0.717, 1.165) is 63.9 Å². The SMILES string of the molecule is CC(C)c1cccc(N)c1.CC(C)c1ccccc1N.CCc1cccc(N)c1.CCc1ccccc1N.Cc1ccc(N)cc1.Cc1cccc(N)c1.Cc1ccccc1N.Nc1ccccc1. The third-order valence-corrected chi connectivity index (χ3v) is 10.1. The third-order valence-electron chi connectivity index (χ3n) is 10.1. The van der Waals surface area contributed by atoms with Gasteiger partial charge in [0.2, 0.25) is 0 Å². The second kappa shape index (κ2) is 34.5. The summed E-state index contributed by atoms with van der Waals surface area (Å²) in [5, 5.41) is 0. The van der Waals surface area contributed by atoms with Gasteiger partial charge in [0, 0.05) is 45.5 Å². The number of nitrogens with two attached hydrogens (primary N) is 8. The van der Waals surface area contributed by atoms with E-state index in [9.17, 15) is 0 Å². The second-order valence-electron chi connectivity index (χ2n) is 16.9. The smallest absolute Gasteiger partial charge is 0.0349 e. The number of hydrogen-bond donors (Lipinski definition) is 8. The summed E-state index contributed by atoms with van der Waals surface area (Å²) in [6, 6.07) is 64.8. The summed E-state index contributed by atoms with van der Waals surface area (Å²) in [6.07, 6.45) is 2.08. The fourth-order valence-corrected chi connectivity index (χ4v) is 5.90. The summed E-state index contributed by atoms with van der Waals surface area (Å²) in [5.41, 5.74) is 59.8. The van der Waals surface area contributed by atoms with E-state index in [1.807, 2.05) is 197 Å². The van der Waals surface area contributed by atoms with Crippen molar-refractivity contribution in [3.63, 3.8) is 0 Å². The molecule has 0 unspecified atom stereocenters. The number of aryl methyl sites for hydroxylation is 5. The van der Waals surface area contributed by atoms with Gasteiger partial charge >= 0.3 is 0 Å². The molecule has 0 aliphatic rings. The van der Waals surface area contributed by atoms with E-state index in [1.54, 1.807) is 0 Å². The minimum Gasteiger partial charge on any atom is -0.399 e. The molecule has 8 rings (SSSR count). The van der Waals surface area contributed by atoms with Crippen molar-refractivity contribution in [1.82, 2.24) is 0 Å². The Morgan fingerprint density at radius 1 is 0.333 bits per heavy atom. The molecule has 8 aromatic rings. The highest BCUT2D eigenvalue weighted by Gasteiger charge is 2.00. The fraction of sp³-hybridized carbons (Fsp3) is 0.213. The summed E-state index contributed by atoms with van der Waals surface area (Å²) in [4.78, 5) is 0. The number of anilines is 8. The van der Waals surface area contributed by atoms with Gasteiger partial charge in [-0.05, 0) is 158 Å². The molecule has 16 N–H and O–H groups in total. The Morgan fingerprint density at radius 3 is 1.13 bits per heavy atom. The van der Waals surface area contributed by atoms with E-state index in [1.165, 1.54) is 33.4 Å². The average Bonchev–Trinajstić information content (AvgIpc) is 3.33. The van der Waals surface area contributed by atoms with Crippen LogP contribution in [0, 0.1) is 20.8 Å². The van der Waals surface area contributed by atoms with Gasteiger partial charge in [0.15, 0.2) is 0 Å². The van der Waals surface area contributed by atoms with Crippen LogP contribution in [0.5, 0.6) is 0 Å². The van der Waals surface area contributed by atoms with Crippen molar-refractivity contribution in [3.8, 4) is 0 Å². The Balaban J connectivity index is 0.000000395. The van der Waals surface area contributed by atoms with Crippen molar-refractivity contribution in [2.24, 2.45) is 0 Å². The van der Waals surface area contributed by atoms with Crippen molar-refractivity contribution >= 4 is 45.5 Å². The third kappa shape index (κ3) is 28.1. The van der Waals surface area contributed by atoms with Crippen LogP contribution in [0.4, 0.5) is 45.5 Å². The molecule has 8 nitrogen and oxygen atoms in total. The first-order chi connectivity index (χ1) is 32.9. The summed E-state index contributed by atoms with van der Waals surface area (Å²) < 4.78 is 0. The molecule has 8 heteroatoms. The normalized spacial score (nSPS) is 9.49. The van der Waals surface area contributed by atoms with Crippen molar-refractivity contribution in [3.05, 3.63) is 239 Å². The van der Waals surface area contributed by atoms with Crippen LogP contribution >= 0.6 is 0 Å². The Labute approximate surface area is 415 Å². The zero-order chi connectivity index (χ0) is 51.6. The summed E-state index contributed by atoms with van der Waals surface area (Å²) >= 11 is 0. The van der Waals surface area contributed by atoms with Gasteiger partial charge in [-0.1, -0.05) is 168 Å². The Bertz CT molecular complexity index is 2490. The maximum Gasteiger partial charge on any atom is 0.0349 e. The largest absolute Gasteiger partial charge is 0.399 e. The number of rotatable bonds is 4. The van der Waals surface area contributed by atoms with Gasteiger partial charge in [-0.3, -0.25) is 0 Å². The highest BCUT2D eigenvalue weighted by atomic mass is 14.6. The molecule has 0 heterocycles. The lowest BCUT2D eigenvalue weighted by Crippen LogP contribution is -1.94. The molecular formula is C61H82N8. The Kier molecular flexibility index (Phi) is 29.6. The number of nitrogen functional groups attached to an aromatic ring is 8. The highest BCUT2D eigenvalue weighted by Crippen LogP contribution is 2.20. The molecule has 0 fully saturated rings. The predicted octanol–water partition coefficient (Wildman–Crippen LogP) is 14.4. The van der Waals surface area contributed by atoms with E-state index in [-0.39, 0.29) is 0 Å². The Morgan fingerprint density at radius 2 is 0.797 bits per heavy atom. The van der Waals surface area contributed by atoms with Crippen LogP contribution in [0.1, 0.15) is 92.3 Å². The van der Waals surface area contributed by atoms with Gasteiger partial charge in [0.25, 0.3) is 0 Å². The van der Waals surface area contributed by atoms with E-state index in [2.05, 4.69) is 65.8 Å². The monoisotopic (exact) mass is 927 g/mol. The van der Waals surface area contributed by atoms with Crippen LogP contribution in [0.25, 0.3) is 0 Å². The van der Waals surface area contributed by atoms with E-state index >= 15 is 0 Å². The van der Waals surface area contributed by atoms with Crippen molar-refractivity contribution in [2.75, 3.05) is 45.9 Å². The molecule has 0 aliphatic heterocycles. The number of benzene rings is 8. The fourth-order valence-electron chi connectivity index (χ4n) is 5.90. The van der Waals surface area contributed by atoms with Gasteiger partial charge in [-0.15, -0.1) is 0 Å². The molecule has 0 bridgehead atoms. The lowest BCUT2D eigenvalue weighted by molar-refractivity contribution is 0.867. The number of para-hydroxylation sites is 4. The predicted molar refractivity (Wildman–Crippen MR) is 308 cm³/mol. The second-order valence-corrected chi connectivity index (χ2v) is 16.9. The van der Waals surface area contributed by atoms with Crippen LogP contribution in [0.2, 0.25) is 0 Å². The first kappa shape index (κ1) is 59.2. The molecule has 0 aliphatic carbocycles. The van der Waals surface area contributed by atoms with Crippen molar-refractivity contribution in [1.29, 1.82) is 0 Å². The van der Waals surface area contributed by atoms with Crippen LogP contribution in [-0.2, 0) is 12.8 Å². The van der Waals surface area contributed by atoms with Crippen molar-refractivity contribution < 1.29 is 0 Å². The van der Waals surface area contributed by atoms with Crippen molar-refractivity contribution in [2.45, 2.75) is 87.0 Å². The van der Waals surface area contributed by atoms with E-state index in [4.69, 9.17) is 45.9 Å². The van der Waals surface area contributed by atoms with Gasteiger partial charge in [-0.25, -0.2) is 0 Å². The molecule has 0 spiro atoms. The van der Waals surface area contributed by atoms with Crippen LogP contribution < -0.4 is 45.9 Å². The lowest BCUT2D eigenvalue weighted by Gasteiger charge is -2.07. The number of hydrogen-bond acceptors (Lipinski definition) is 8. The maximum absolute atomic E-state index is 5.72. The van der Waals surface area contributed by atoms with Gasteiger partial charge in [0.05, 0.1) is 0 Å². The van der Waals surface area contributed by atoms with Gasteiger partial charge < -0.3 is 45.9 Å². The minimum atomic E-state index is 0.529. The first-order valence-corrected chi connectivity index (χ1v) is 23.5. The molecule has 0 saturated heterocycles. The van der Waals surface area contributed by atoms with Crippen LogP contribution in [0.15, 0.2) is 200 Å². The van der Waals surface area contributed by atoms with E-state index < -0.39 is 0 Å². The average molecular weight is 927 g/mol. The van der Waals surface area contributed by atoms with Crippen LogP contribution in [0.3, 0.4) is 0 Å². The molecule has 0 aromatic heterocycles. The topological polar surface area (TPSA) is 208 Å². The minimum absolute atomic E-state index is 0.529. The summed E-state index contributed by atoms with van der Waals surface area (Å²) in [5.74, 6) is 1.10. The molecular weight excluding hydrogens is 845 g/mol. The van der Waals surface area contributed by atoms with Gasteiger partial charge in [-0.2, -0.15) is 0 Å². The summed E-state index contributed by atoms with van der Waals surface area (Å²) in [6.45, 7) is 18.9. The summed E-state index contributed by atoms with van der Waals surface area (Å²) in [7, 11) is 0. The molecule has 0 saturated carbocycles. The van der Waals surface area contributed by atoms with Crippen LogP contribution in [-0.4, -0.2) is 0 Å². The molecule has 8 aromatic carbocycles. The quantitative estimate of drug-likeness (QED) is 0.0795. The maximum atomic E-state index is 5.72. The van der Waals surface area contributed by atoms with E-state index in [0.29, 0.717) is 11.8 Å². The zero-order valence-electron chi connectivity index (χ0n) is 42.7. The molecule has 0 amide bonds. The standard InChI is InChI=1S/2C9H13N.2C8H11N.3C7H9N.C6H7N/c1-7(2)8-4-3-5-9(10)6-8;1-7(2)8-5-3-4-6-9(8)10;1-2-7-4-3-5-8(9)6-7;1-2-7-5-3-4-6-8(7)9;1-6-2-4-7(8)5-3-6;1-6-3-2-4-7(8)5-6;1-6-4-2-3-5-7(6)8;7-6-4-2-1-3-5-6/h2*3-7H,10H2,1-2H3;2*3-6H,2,9H2,1H3;3*2-5H,8H2,1H3;1-5H,7H2. The molecule has 69 heavy (non-hydrogen) atoms. The zero-order valence-corrected chi connectivity index (χ0v) is 42.7. The lowest BCUT2D eigenvalue weighted by atomic mass is 10.0. The molecule has 0 radical (unpaired) electrons.